The van der Waals surface area contributed by atoms with Gasteiger partial charge < -0.3 is 60.7 Å². The molecule has 0 aromatic carbocycles. The van der Waals surface area contributed by atoms with Crippen molar-refractivity contribution in [2.75, 3.05) is 13.2 Å². The Hall–Kier alpha value is 0.119. The number of hydrogen-bond donors (Lipinski definition) is 10. The first-order valence-electron chi connectivity index (χ1n) is 18.8. The van der Waals surface area contributed by atoms with E-state index in [0.29, 0.717) is 12.8 Å². The monoisotopic (exact) mass is 880 g/mol. The van der Waals surface area contributed by atoms with Gasteiger partial charge in [-0.25, -0.2) is 0 Å². The van der Waals surface area contributed by atoms with Crippen LogP contribution in [0.3, 0.4) is 0 Å². The van der Waals surface area contributed by atoms with Crippen LogP contribution in [0.5, 0.6) is 0 Å². The second-order valence-electron chi connectivity index (χ2n) is 13.5. The molecule has 304 valence electrons. The number of carboxylic acid groups (broad SMARTS) is 2. The standard InChI is InChI=1S/2C14H28O6S.2C4H9.Sn/c2*1-3-5-6-9(4-2)7-14(21,13(19)20)12(18)11(17)10(16)8-15;2*1-3-4-2;/h2*9-12,15-18,21H,3-8H2,1-2H3,(H,19,20);2*1,3-4H2,2H3;/q;;;;+2/p-2/t2*9?,10-,11-,12+,14-;;;/m11.../s1. The third-order valence-corrected chi connectivity index (χ3v) is 14.5. The second kappa shape index (κ2) is 32.4. The van der Waals surface area contributed by atoms with E-state index in [2.05, 4.69) is 39.1 Å². The Morgan fingerprint density at radius 3 is 1.10 bits per heavy atom. The molecule has 10 atom stereocenters. The van der Waals surface area contributed by atoms with Crippen molar-refractivity contribution < 1.29 is 60.7 Å². The van der Waals surface area contributed by atoms with Crippen LogP contribution in [0, 0.1) is 11.8 Å². The molecule has 0 radical (unpaired) electrons. The van der Waals surface area contributed by atoms with Crippen LogP contribution in [0.4, 0.5) is 0 Å². The van der Waals surface area contributed by atoms with Gasteiger partial charge in [0.05, 0.1) is 34.6 Å². The molecular weight excluding hydrogens is 807 g/mol. The van der Waals surface area contributed by atoms with Crippen molar-refractivity contribution in [1.82, 2.24) is 0 Å². The minimum atomic E-state index is -1.98. The average molecular weight is 880 g/mol. The van der Waals surface area contributed by atoms with Crippen molar-refractivity contribution in [3.05, 3.63) is 0 Å². The molecule has 0 fully saturated rings. The number of aliphatic hydroxyl groups excluding tert-OH is 8. The number of carbonyl (C=O) groups excluding carboxylic acids is 2. The van der Waals surface area contributed by atoms with Gasteiger partial charge in [0, 0.05) is 0 Å². The molecular formula is C36H72O12S2Sn. The summed E-state index contributed by atoms with van der Waals surface area (Å²) in [6.45, 7) is 10.9. The summed E-state index contributed by atoms with van der Waals surface area (Å²) in [7, 11) is 0. The number of aliphatic hydroxyl groups is 8. The molecule has 0 amide bonds. The van der Waals surface area contributed by atoms with Crippen LogP contribution in [0.1, 0.15) is 131 Å². The molecule has 0 heterocycles. The fraction of sp³-hybridized carbons (Fsp3) is 0.944. The number of rotatable bonds is 28. The number of unbranched alkanes of at least 4 members (excludes halogenated alkanes) is 4. The molecule has 2 unspecified atom stereocenters. The molecule has 0 saturated carbocycles. The first-order valence-corrected chi connectivity index (χ1v) is 23.7. The van der Waals surface area contributed by atoms with Gasteiger partial charge in [0.1, 0.15) is 36.6 Å². The van der Waals surface area contributed by atoms with E-state index in [1.165, 1.54) is 25.7 Å². The van der Waals surface area contributed by atoms with Gasteiger partial charge in [0.2, 0.25) is 0 Å². The molecule has 0 saturated heterocycles. The zero-order valence-corrected chi connectivity index (χ0v) is 36.6. The van der Waals surface area contributed by atoms with Gasteiger partial charge in [-0.05, 0) is 24.7 Å². The van der Waals surface area contributed by atoms with Crippen LogP contribution in [0.15, 0.2) is 0 Å². The summed E-state index contributed by atoms with van der Waals surface area (Å²) in [6, 6.07) is 0. The van der Waals surface area contributed by atoms with Gasteiger partial charge in [-0.2, -0.15) is 25.3 Å². The molecule has 51 heavy (non-hydrogen) atoms. The fourth-order valence-corrected chi connectivity index (χ4v) is 10.3. The number of hydrogen-bond acceptors (Lipinski definition) is 14. The third-order valence-electron chi connectivity index (χ3n) is 9.20. The fourth-order valence-electron chi connectivity index (χ4n) is 5.35. The van der Waals surface area contributed by atoms with Gasteiger partial charge in [-0.1, -0.05) is 79.1 Å². The van der Waals surface area contributed by atoms with Crippen molar-refractivity contribution in [3.8, 4) is 0 Å². The summed E-state index contributed by atoms with van der Waals surface area (Å²) in [5, 5.41) is 98.7. The first-order chi connectivity index (χ1) is 23.9. The normalized spacial score (nSPS) is 18.4. The van der Waals surface area contributed by atoms with Crippen molar-refractivity contribution in [3.63, 3.8) is 0 Å². The second-order valence-corrected chi connectivity index (χ2v) is 19.4. The van der Waals surface area contributed by atoms with Crippen molar-refractivity contribution >= 4 is 58.3 Å². The first kappa shape index (κ1) is 55.5. The van der Waals surface area contributed by atoms with Crippen LogP contribution in [0.2, 0.25) is 8.87 Å². The SMILES string of the molecule is CCCCC(CC)C[C@](S)(C(=O)[O-])[C@@H](O)[C@H](O)[C@H](O)CO.CCCCC(CC)C[C@](S)(C(=O)[O-])[C@@H](O)[C@H](O)[C@H](O)CO.CCC[CH2][Sn+2][CH2]CCC. The summed E-state index contributed by atoms with van der Waals surface area (Å²) in [5.74, 6) is -3.18. The Kier molecular flexibility index (Phi) is 35.2. The molecule has 0 spiro atoms. The van der Waals surface area contributed by atoms with E-state index in [-0.39, 0.29) is 45.8 Å². The average Bonchev–Trinajstić information content (AvgIpc) is 3.12. The summed E-state index contributed by atoms with van der Waals surface area (Å²) < 4.78 is -0.715. The minimum absolute atomic E-state index is 0.00784. The van der Waals surface area contributed by atoms with Gasteiger partial charge >= 0.3 is 69.5 Å². The van der Waals surface area contributed by atoms with E-state index < -0.39 is 71.3 Å². The van der Waals surface area contributed by atoms with Gasteiger partial charge in [0.15, 0.2) is 0 Å². The maximum absolute atomic E-state index is 11.4. The summed E-state index contributed by atoms with van der Waals surface area (Å²) in [4.78, 5) is 22.8. The molecule has 0 aromatic heterocycles. The molecule has 0 bridgehead atoms. The van der Waals surface area contributed by atoms with E-state index >= 15 is 0 Å². The van der Waals surface area contributed by atoms with Crippen LogP contribution in [-0.4, -0.2) is 133 Å². The van der Waals surface area contributed by atoms with E-state index in [1.807, 2.05) is 27.7 Å². The summed E-state index contributed by atoms with van der Waals surface area (Å²) in [6.07, 6.45) is 2.07. The molecule has 0 rings (SSSR count). The van der Waals surface area contributed by atoms with Gasteiger partial charge in [-0.15, -0.1) is 0 Å². The molecule has 0 aliphatic rings. The Balaban J connectivity index is -0.000000731. The van der Waals surface area contributed by atoms with Crippen LogP contribution < -0.4 is 10.2 Å². The number of carbonyl (C=O) groups is 2. The third kappa shape index (κ3) is 22.3. The molecule has 15 heteroatoms. The zero-order chi connectivity index (χ0) is 40.2. The molecule has 8 N–H and O–H groups in total. The van der Waals surface area contributed by atoms with Crippen molar-refractivity contribution in [2.45, 2.75) is 186 Å². The van der Waals surface area contributed by atoms with Crippen LogP contribution >= 0.6 is 25.3 Å². The molecule has 0 aliphatic heterocycles. The molecule has 12 nitrogen and oxygen atoms in total. The Morgan fingerprint density at radius 2 is 0.882 bits per heavy atom. The Labute approximate surface area is 328 Å². The van der Waals surface area contributed by atoms with Gasteiger partial charge in [-0.3, -0.25) is 0 Å². The van der Waals surface area contributed by atoms with Crippen molar-refractivity contribution in [2.24, 2.45) is 11.8 Å². The van der Waals surface area contributed by atoms with E-state index in [0.717, 1.165) is 38.5 Å². The number of aliphatic carboxylic acids is 2. The molecule has 0 aliphatic carbocycles. The number of carboxylic acids is 2. The molecule has 0 aromatic rings. The summed E-state index contributed by atoms with van der Waals surface area (Å²) >= 11 is 8.21. The van der Waals surface area contributed by atoms with Crippen LogP contribution in [-0.2, 0) is 9.59 Å². The topological polar surface area (TPSA) is 242 Å². The van der Waals surface area contributed by atoms with E-state index in [9.17, 15) is 50.4 Å². The number of thiol groups is 2. The zero-order valence-electron chi connectivity index (χ0n) is 32.0. The van der Waals surface area contributed by atoms with Crippen molar-refractivity contribution in [1.29, 1.82) is 0 Å². The Bertz CT molecular complexity index is 797. The Morgan fingerprint density at radius 1 is 0.588 bits per heavy atom. The maximum atomic E-state index is 11.4. The van der Waals surface area contributed by atoms with Gasteiger partial charge in [0.25, 0.3) is 0 Å². The van der Waals surface area contributed by atoms with E-state index in [4.69, 9.17) is 10.2 Å². The predicted molar refractivity (Wildman–Crippen MR) is 205 cm³/mol. The van der Waals surface area contributed by atoms with E-state index in [1.54, 1.807) is 8.87 Å². The quantitative estimate of drug-likeness (QED) is 0.0304. The summed E-state index contributed by atoms with van der Waals surface area (Å²) in [5.41, 5.74) is 0. The van der Waals surface area contributed by atoms with Crippen LogP contribution in [0.25, 0.3) is 0 Å². The predicted octanol–water partition coefficient (Wildman–Crippen LogP) is 1.30.